The highest BCUT2D eigenvalue weighted by Crippen LogP contribution is 2.09. The van der Waals surface area contributed by atoms with E-state index in [9.17, 15) is 9.90 Å². The first-order valence-electron chi connectivity index (χ1n) is 5.83. The standard InChI is InChI=1S/C13H20N2O2/c1-4-13(3,9-16)15-12(17)8-11-10(2)6-5-7-14-11/h5-7,16H,4,8-9H2,1-3H3,(H,15,17). The molecule has 1 aromatic rings. The van der Waals surface area contributed by atoms with Crippen molar-refractivity contribution in [3.63, 3.8) is 0 Å². The first kappa shape index (κ1) is 13.6. The van der Waals surface area contributed by atoms with Gasteiger partial charge in [-0.1, -0.05) is 13.0 Å². The zero-order chi connectivity index (χ0) is 12.9. The quantitative estimate of drug-likeness (QED) is 0.807. The van der Waals surface area contributed by atoms with Crippen LogP contribution in [0.25, 0.3) is 0 Å². The van der Waals surface area contributed by atoms with Crippen molar-refractivity contribution >= 4 is 5.91 Å². The molecule has 1 rings (SSSR count). The Labute approximate surface area is 102 Å². The van der Waals surface area contributed by atoms with Crippen LogP contribution in [0.3, 0.4) is 0 Å². The number of nitrogens with one attached hydrogen (secondary N) is 1. The Morgan fingerprint density at radius 1 is 1.59 bits per heavy atom. The summed E-state index contributed by atoms with van der Waals surface area (Å²) in [7, 11) is 0. The first-order chi connectivity index (χ1) is 8.00. The molecule has 0 spiro atoms. The van der Waals surface area contributed by atoms with Crippen LogP contribution in [-0.2, 0) is 11.2 Å². The Kier molecular flexibility index (Phi) is 4.63. The smallest absolute Gasteiger partial charge is 0.226 e. The van der Waals surface area contributed by atoms with Crippen LogP contribution in [-0.4, -0.2) is 28.1 Å². The van der Waals surface area contributed by atoms with E-state index < -0.39 is 5.54 Å². The highest BCUT2D eigenvalue weighted by atomic mass is 16.3. The van der Waals surface area contributed by atoms with Gasteiger partial charge in [0.15, 0.2) is 0 Å². The van der Waals surface area contributed by atoms with Gasteiger partial charge in [-0.25, -0.2) is 0 Å². The average Bonchev–Trinajstić information content (AvgIpc) is 2.32. The molecule has 4 heteroatoms. The SMILES string of the molecule is CCC(C)(CO)NC(=O)Cc1ncccc1C. The maximum Gasteiger partial charge on any atom is 0.226 e. The molecule has 0 aliphatic rings. The van der Waals surface area contributed by atoms with Gasteiger partial charge < -0.3 is 10.4 Å². The Balaban J connectivity index is 2.65. The number of aliphatic hydroxyl groups is 1. The topological polar surface area (TPSA) is 62.2 Å². The summed E-state index contributed by atoms with van der Waals surface area (Å²) < 4.78 is 0. The van der Waals surface area contributed by atoms with E-state index in [2.05, 4.69) is 10.3 Å². The van der Waals surface area contributed by atoms with Crippen molar-refractivity contribution in [1.82, 2.24) is 10.3 Å². The largest absolute Gasteiger partial charge is 0.394 e. The molecule has 4 nitrogen and oxygen atoms in total. The van der Waals surface area contributed by atoms with Crippen molar-refractivity contribution in [2.75, 3.05) is 6.61 Å². The Morgan fingerprint density at radius 3 is 2.82 bits per heavy atom. The summed E-state index contributed by atoms with van der Waals surface area (Å²) in [4.78, 5) is 16.0. The second kappa shape index (κ2) is 5.77. The number of aromatic nitrogens is 1. The number of carbonyl (C=O) groups is 1. The van der Waals surface area contributed by atoms with Crippen molar-refractivity contribution in [2.24, 2.45) is 0 Å². The molecule has 94 valence electrons. The van der Waals surface area contributed by atoms with E-state index >= 15 is 0 Å². The fraction of sp³-hybridized carbons (Fsp3) is 0.538. The Morgan fingerprint density at radius 2 is 2.29 bits per heavy atom. The molecule has 1 aromatic heterocycles. The van der Waals surface area contributed by atoms with E-state index in [4.69, 9.17) is 0 Å². The third-order valence-electron chi connectivity index (χ3n) is 3.02. The second-order valence-electron chi connectivity index (χ2n) is 4.56. The molecule has 0 saturated heterocycles. The first-order valence-corrected chi connectivity index (χ1v) is 5.83. The molecule has 0 aromatic carbocycles. The molecule has 0 fully saturated rings. The van der Waals surface area contributed by atoms with E-state index in [-0.39, 0.29) is 18.9 Å². The molecule has 2 N–H and O–H groups in total. The minimum atomic E-state index is -0.542. The number of aryl methyl sites for hydroxylation is 1. The van der Waals surface area contributed by atoms with Gasteiger partial charge in [0, 0.05) is 6.20 Å². The number of amides is 1. The summed E-state index contributed by atoms with van der Waals surface area (Å²) in [5, 5.41) is 12.1. The lowest BCUT2D eigenvalue weighted by Gasteiger charge is -2.27. The summed E-state index contributed by atoms with van der Waals surface area (Å²) >= 11 is 0. The third kappa shape index (κ3) is 3.82. The van der Waals surface area contributed by atoms with Gasteiger partial charge in [0.25, 0.3) is 0 Å². The van der Waals surface area contributed by atoms with Gasteiger partial charge in [0.2, 0.25) is 5.91 Å². The summed E-state index contributed by atoms with van der Waals surface area (Å²) in [6, 6.07) is 3.78. The van der Waals surface area contributed by atoms with Crippen LogP contribution in [0.1, 0.15) is 31.5 Å². The van der Waals surface area contributed by atoms with Gasteiger partial charge in [-0.05, 0) is 31.9 Å². The van der Waals surface area contributed by atoms with Crippen LogP contribution in [0, 0.1) is 6.92 Å². The predicted molar refractivity (Wildman–Crippen MR) is 66.6 cm³/mol. The zero-order valence-corrected chi connectivity index (χ0v) is 10.7. The van der Waals surface area contributed by atoms with Crippen molar-refractivity contribution in [3.8, 4) is 0 Å². The zero-order valence-electron chi connectivity index (χ0n) is 10.7. The number of aliphatic hydroxyl groups excluding tert-OH is 1. The van der Waals surface area contributed by atoms with Crippen LogP contribution >= 0.6 is 0 Å². The molecule has 0 saturated carbocycles. The van der Waals surface area contributed by atoms with Crippen LogP contribution in [0.2, 0.25) is 0 Å². The lowest BCUT2D eigenvalue weighted by Crippen LogP contribution is -2.49. The van der Waals surface area contributed by atoms with Crippen molar-refractivity contribution in [1.29, 1.82) is 0 Å². The van der Waals surface area contributed by atoms with Crippen LogP contribution < -0.4 is 5.32 Å². The van der Waals surface area contributed by atoms with E-state index in [0.29, 0.717) is 6.42 Å². The number of nitrogens with zero attached hydrogens (tertiary/aromatic N) is 1. The lowest BCUT2D eigenvalue weighted by atomic mass is 10.00. The summed E-state index contributed by atoms with van der Waals surface area (Å²) in [5.74, 6) is -0.106. The molecule has 1 heterocycles. The Bertz CT molecular complexity index is 387. The van der Waals surface area contributed by atoms with Gasteiger partial charge in [-0.3, -0.25) is 9.78 Å². The van der Waals surface area contributed by atoms with E-state index in [1.807, 2.05) is 32.9 Å². The highest BCUT2D eigenvalue weighted by molar-refractivity contribution is 5.79. The average molecular weight is 236 g/mol. The van der Waals surface area contributed by atoms with Crippen LogP contribution in [0.5, 0.6) is 0 Å². The molecular weight excluding hydrogens is 216 g/mol. The summed E-state index contributed by atoms with van der Waals surface area (Å²) in [5.41, 5.74) is 1.24. The van der Waals surface area contributed by atoms with E-state index in [0.717, 1.165) is 11.3 Å². The number of hydrogen-bond acceptors (Lipinski definition) is 3. The molecule has 0 aliphatic carbocycles. The number of pyridine rings is 1. The predicted octanol–water partition coefficient (Wildman–Crippen LogP) is 1.21. The number of carbonyl (C=O) groups excluding carboxylic acids is 1. The summed E-state index contributed by atoms with van der Waals surface area (Å²) in [6.07, 6.45) is 2.62. The minimum absolute atomic E-state index is 0.0591. The number of hydrogen-bond donors (Lipinski definition) is 2. The minimum Gasteiger partial charge on any atom is -0.394 e. The van der Waals surface area contributed by atoms with Gasteiger partial charge in [0.1, 0.15) is 0 Å². The second-order valence-corrected chi connectivity index (χ2v) is 4.56. The van der Waals surface area contributed by atoms with E-state index in [1.54, 1.807) is 6.20 Å². The molecule has 0 radical (unpaired) electrons. The van der Waals surface area contributed by atoms with Crippen molar-refractivity contribution in [3.05, 3.63) is 29.6 Å². The fourth-order valence-corrected chi connectivity index (χ4v) is 1.48. The van der Waals surface area contributed by atoms with Gasteiger partial charge >= 0.3 is 0 Å². The normalized spacial score (nSPS) is 14.1. The summed E-state index contributed by atoms with van der Waals surface area (Å²) in [6.45, 7) is 5.63. The monoisotopic (exact) mass is 236 g/mol. The number of rotatable bonds is 5. The van der Waals surface area contributed by atoms with Gasteiger partial charge in [0.05, 0.1) is 24.3 Å². The van der Waals surface area contributed by atoms with Crippen LogP contribution in [0.15, 0.2) is 18.3 Å². The molecule has 17 heavy (non-hydrogen) atoms. The van der Waals surface area contributed by atoms with Gasteiger partial charge in [-0.15, -0.1) is 0 Å². The molecule has 1 unspecified atom stereocenters. The highest BCUT2D eigenvalue weighted by Gasteiger charge is 2.23. The van der Waals surface area contributed by atoms with Crippen molar-refractivity contribution < 1.29 is 9.90 Å². The molecular formula is C13H20N2O2. The molecule has 1 atom stereocenters. The molecule has 0 aliphatic heterocycles. The Hall–Kier alpha value is -1.42. The lowest BCUT2D eigenvalue weighted by molar-refractivity contribution is -0.122. The molecule has 1 amide bonds. The maximum absolute atomic E-state index is 11.8. The van der Waals surface area contributed by atoms with Gasteiger partial charge in [-0.2, -0.15) is 0 Å². The van der Waals surface area contributed by atoms with Crippen molar-refractivity contribution in [2.45, 2.75) is 39.2 Å². The maximum atomic E-state index is 11.8. The third-order valence-corrected chi connectivity index (χ3v) is 3.02. The van der Waals surface area contributed by atoms with E-state index in [1.165, 1.54) is 0 Å². The fourth-order valence-electron chi connectivity index (χ4n) is 1.48. The van der Waals surface area contributed by atoms with Crippen LogP contribution in [0.4, 0.5) is 0 Å². The molecule has 0 bridgehead atoms.